The van der Waals surface area contributed by atoms with Crippen molar-refractivity contribution in [3.8, 4) is 0 Å². The maximum atomic E-state index is 8.53. The predicted molar refractivity (Wildman–Crippen MR) is 39.5 cm³/mol. The van der Waals surface area contributed by atoms with E-state index in [2.05, 4.69) is 16.3 Å². The van der Waals surface area contributed by atoms with Gasteiger partial charge in [0.15, 0.2) is 0 Å². The van der Waals surface area contributed by atoms with Gasteiger partial charge in [-0.15, -0.1) is 0 Å². The molecule has 0 rings (SSSR count). The third-order valence-electron chi connectivity index (χ3n) is 0.576. The van der Waals surface area contributed by atoms with E-state index in [9.17, 15) is 0 Å². The first-order chi connectivity index (χ1) is 3.92. The van der Waals surface area contributed by atoms with Crippen molar-refractivity contribution in [3.63, 3.8) is 0 Å². The molecule has 0 spiro atoms. The Morgan fingerprint density at radius 1 is 1.50 bits per heavy atom. The van der Waals surface area contributed by atoms with Crippen LogP contribution in [0.2, 0.25) is 0 Å². The molecule has 0 aromatic heterocycles. The molecular weight excluding hydrogens is 224 g/mol. The molecule has 0 amide bonds. The van der Waals surface area contributed by atoms with E-state index >= 15 is 0 Å². The SMILES string of the molecule is CC(C)COP(O)(O)=S.[Zn]. The molecule has 0 radical (unpaired) electrons. The Morgan fingerprint density at radius 2 is 1.90 bits per heavy atom. The van der Waals surface area contributed by atoms with Crippen molar-refractivity contribution < 1.29 is 33.8 Å². The Labute approximate surface area is 78.8 Å². The zero-order valence-electron chi connectivity index (χ0n) is 6.15. The summed E-state index contributed by atoms with van der Waals surface area (Å²) in [7, 11) is 0. The van der Waals surface area contributed by atoms with E-state index in [-0.39, 0.29) is 25.4 Å². The van der Waals surface area contributed by atoms with Gasteiger partial charge in [-0.3, -0.25) is 0 Å². The fraction of sp³-hybridized carbons (Fsp3) is 1.00. The monoisotopic (exact) mass is 234 g/mol. The standard InChI is InChI=1S/C4H11O3PS.Zn/c1-4(2)3-7-8(5,6)9;/h4H,3H2,1-2H3,(H2,5,6,9);. The summed E-state index contributed by atoms with van der Waals surface area (Å²) in [5, 5.41) is 0. The third-order valence-corrected chi connectivity index (χ3v) is 1.38. The van der Waals surface area contributed by atoms with E-state index in [0.29, 0.717) is 6.61 Å². The van der Waals surface area contributed by atoms with Gasteiger partial charge in [0.05, 0.1) is 6.61 Å². The molecule has 6 heteroatoms. The van der Waals surface area contributed by atoms with Gasteiger partial charge in [-0.05, 0) is 17.7 Å². The van der Waals surface area contributed by atoms with Crippen LogP contribution in [0.4, 0.5) is 0 Å². The van der Waals surface area contributed by atoms with Crippen molar-refractivity contribution >= 4 is 18.5 Å². The zero-order valence-corrected chi connectivity index (χ0v) is 10.8. The Kier molecular flexibility index (Phi) is 7.90. The third kappa shape index (κ3) is 11.9. The average Bonchev–Trinajstić information content (AvgIpc) is 1.59. The fourth-order valence-corrected chi connectivity index (χ4v) is 0.921. The summed E-state index contributed by atoms with van der Waals surface area (Å²) in [4.78, 5) is 17.1. The molecule has 0 atom stereocenters. The molecular formula is C4H11O3PSZn. The van der Waals surface area contributed by atoms with Gasteiger partial charge >= 0.3 is 6.72 Å². The van der Waals surface area contributed by atoms with Crippen LogP contribution in [0.25, 0.3) is 0 Å². The van der Waals surface area contributed by atoms with Crippen molar-refractivity contribution in [2.45, 2.75) is 13.8 Å². The van der Waals surface area contributed by atoms with Crippen molar-refractivity contribution in [2.24, 2.45) is 5.92 Å². The van der Waals surface area contributed by atoms with Crippen LogP contribution >= 0.6 is 6.72 Å². The first-order valence-corrected chi connectivity index (χ1v) is 5.24. The molecule has 0 unspecified atom stereocenters. The summed E-state index contributed by atoms with van der Waals surface area (Å²) >= 11 is 4.20. The molecule has 2 N–H and O–H groups in total. The van der Waals surface area contributed by atoms with Gasteiger partial charge in [0.25, 0.3) is 0 Å². The van der Waals surface area contributed by atoms with Crippen molar-refractivity contribution in [1.82, 2.24) is 0 Å². The van der Waals surface area contributed by atoms with Gasteiger partial charge in [0, 0.05) is 19.5 Å². The van der Waals surface area contributed by atoms with Crippen LogP contribution < -0.4 is 0 Å². The normalized spacial score (nSPS) is 11.3. The Morgan fingerprint density at radius 3 is 2.00 bits per heavy atom. The van der Waals surface area contributed by atoms with Crippen LogP contribution in [-0.2, 0) is 35.8 Å². The average molecular weight is 236 g/mol. The summed E-state index contributed by atoms with van der Waals surface area (Å²) in [6, 6.07) is 0. The van der Waals surface area contributed by atoms with Crippen molar-refractivity contribution in [2.75, 3.05) is 6.61 Å². The van der Waals surface area contributed by atoms with E-state index in [1.165, 1.54) is 0 Å². The van der Waals surface area contributed by atoms with Crippen LogP contribution in [0.1, 0.15) is 13.8 Å². The molecule has 0 aromatic carbocycles. The van der Waals surface area contributed by atoms with Gasteiger partial charge in [-0.25, -0.2) is 0 Å². The minimum absolute atomic E-state index is 0. The first-order valence-electron chi connectivity index (χ1n) is 2.62. The molecule has 0 heterocycles. The van der Waals surface area contributed by atoms with Gasteiger partial charge in [-0.2, -0.15) is 0 Å². The van der Waals surface area contributed by atoms with Crippen LogP contribution in [0.3, 0.4) is 0 Å². The maximum Gasteiger partial charge on any atom is 0.321 e. The van der Waals surface area contributed by atoms with E-state index in [1.807, 2.05) is 13.8 Å². The molecule has 0 bridgehead atoms. The molecule has 0 fully saturated rings. The Bertz CT molecular complexity index is 124. The predicted octanol–water partition coefficient (Wildman–Crippen LogP) is 0.866. The zero-order chi connectivity index (χ0) is 7.49. The molecule has 0 aliphatic heterocycles. The fourth-order valence-electron chi connectivity index (χ4n) is 0.246. The second kappa shape index (κ2) is 5.76. The van der Waals surface area contributed by atoms with Crippen molar-refractivity contribution in [3.05, 3.63) is 0 Å². The Balaban J connectivity index is 0. The van der Waals surface area contributed by atoms with Gasteiger partial charge < -0.3 is 14.3 Å². The van der Waals surface area contributed by atoms with Crippen LogP contribution in [0.15, 0.2) is 0 Å². The smallest absolute Gasteiger partial charge is 0.321 e. The van der Waals surface area contributed by atoms with Crippen molar-refractivity contribution in [1.29, 1.82) is 0 Å². The minimum Gasteiger partial charge on any atom is -0.325 e. The molecule has 58 valence electrons. The molecule has 0 saturated heterocycles. The first kappa shape index (κ1) is 13.7. The summed E-state index contributed by atoms with van der Waals surface area (Å²) < 4.78 is 4.53. The number of rotatable bonds is 3. The second-order valence-corrected chi connectivity index (χ2v) is 4.85. The van der Waals surface area contributed by atoms with Crippen LogP contribution in [0.5, 0.6) is 0 Å². The Hall–Kier alpha value is 1.15. The summed E-state index contributed by atoms with van der Waals surface area (Å²) in [5.74, 6) is 0.284. The summed E-state index contributed by atoms with van der Waals surface area (Å²) in [5.41, 5.74) is 0. The number of hydrogen-bond acceptors (Lipinski definition) is 2. The molecule has 10 heavy (non-hydrogen) atoms. The van der Waals surface area contributed by atoms with E-state index in [4.69, 9.17) is 9.79 Å². The molecule has 0 saturated carbocycles. The van der Waals surface area contributed by atoms with Crippen LogP contribution in [0, 0.1) is 5.92 Å². The van der Waals surface area contributed by atoms with Gasteiger partial charge in [-0.1, -0.05) is 13.8 Å². The second-order valence-electron chi connectivity index (χ2n) is 2.18. The largest absolute Gasteiger partial charge is 0.325 e. The molecule has 3 nitrogen and oxygen atoms in total. The number of hydrogen-bond donors (Lipinski definition) is 2. The van der Waals surface area contributed by atoms with E-state index in [1.54, 1.807) is 0 Å². The summed E-state index contributed by atoms with van der Waals surface area (Å²) in [6.45, 7) is 0.739. The van der Waals surface area contributed by atoms with Crippen LogP contribution in [-0.4, -0.2) is 16.4 Å². The molecule has 0 aliphatic rings. The van der Waals surface area contributed by atoms with E-state index < -0.39 is 6.72 Å². The summed E-state index contributed by atoms with van der Waals surface area (Å²) in [6.07, 6.45) is 0. The van der Waals surface area contributed by atoms with Gasteiger partial charge in [0.1, 0.15) is 0 Å². The minimum atomic E-state index is -3.39. The van der Waals surface area contributed by atoms with E-state index in [0.717, 1.165) is 0 Å². The molecule has 0 aromatic rings. The molecule has 0 aliphatic carbocycles. The maximum absolute atomic E-state index is 8.53. The topological polar surface area (TPSA) is 49.7 Å². The quantitative estimate of drug-likeness (QED) is 0.563. The van der Waals surface area contributed by atoms with Gasteiger partial charge in [0.2, 0.25) is 0 Å².